The van der Waals surface area contributed by atoms with Gasteiger partial charge in [-0.1, -0.05) is 0 Å². The summed E-state index contributed by atoms with van der Waals surface area (Å²) in [7, 11) is 1.63. The monoisotopic (exact) mass is 257 g/mol. The molecular formula is C11H15NO4S. The van der Waals surface area contributed by atoms with Crippen molar-refractivity contribution in [3.05, 3.63) is 23.9 Å². The van der Waals surface area contributed by atoms with Crippen LogP contribution in [0.25, 0.3) is 0 Å². The first-order valence-electron chi connectivity index (χ1n) is 5.13. The lowest BCUT2D eigenvalue weighted by atomic mass is 10.3. The summed E-state index contributed by atoms with van der Waals surface area (Å²) in [5, 5.41) is 9.49. The van der Waals surface area contributed by atoms with E-state index in [1.54, 1.807) is 19.2 Å². The highest BCUT2D eigenvalue weighted by Crippen LogP contribution is 2.14. The summed E-state index contributed by atoms with van der Waals surface area (Å²) in [5.41, 5.74) is 0.200. The Bertz CT molecular complexity index is 342. The molecule has 0 spiro atoms. The van der Waals surface area contributed by atoms with Crippen LogP contribution in [0.5, 0.6) is 0 Å². The number of nitrogens with zero attached hydrogens (tertiary/aromatic N) is 1. The van der Waals surface area contributed by atoms with Crippen molar-refractivity contribution in [2.45, 2.75) is 5.03 Å². The van der Waals surface area contributed by atoms with Gasteiger partial charge in [-0.15, -0.1) is 11.8 Å². The molecule has 1 aromatic rings. The number of ether oxygens (including phenoxy) is 2. The number of rotatable bonds is 8. The number of carbonyl (C=O) groups is 1. The Morgan fingerprint density at radius 3 is 2.82 bits per heavy atom. The Labute approximate surface area is 104 Å². The number of aromatic carboxylic acids is 1. The van der Waals surface area contributed by atoms with Gasteiger partial charge in [0.1, 0.15) is 0 Å². The molecule has 0 atom stereocenters. The predicted molar refractivity (Wildman–Crippen MR) is 64.6 cm³/mol. The van der Waals surface area contributed by atoms with E-state index in [0.29, 0.717) is 19.8 Å². The van der Waals surface area contributed by atoms with Crippen LogP contribution in [0.4, 0.5) is 0 Å². The Morgan fingerprint density at radius 1 is 1.41 bits per heavy atom. The van der Waals surface area contributed by atoms with Gasteiger partial charge in [0, 0.05) is 19.1 Å². The molecule has 0 fully saturated rings. The van der Waals surface area contributed by atoms with Crippen LogP contribution in [-0.4, -0.2) is 48.7 Å². The second kappa shape index (κ2) is 8.05. The zero-order valence-electron chi connectivity index (χ0n) is 9.59. The third kappa shape index (κ3) is 5.67. The summed E-state index contributed by atoms with van der Waals surface area (Å²) in [6.07, 6.45) is 1.36. The van der Waals surface area contributed by atoms with E-state index in [-0.39, 0.29) is 5.56 Å². The maximum Gasteiger partial charge on any atom is 0.337 e. The van der Waals surface area contributed by atoms with E-state index in [0.717, 1.165) is 10.8 Å². The highest BCUT2D eigenvalue weighted by atomic mass is 32.2. The van der Waals surface area contributed by atoms with Crippen molar-refractivity contribution in [2.75, 3.05) is 32.7 Å². The number of methoxy groups -OCH3 is 1. The lowest BCUT2D eigenvalue weighted by Crippen LogP contribution is -2.04. The standard InChI is InChI=1S/C11H15NO4S/c1-15-4-5-16-6-7-17-10-3-2-9(8-12-10)11(13)14/h2-3,8H,4-7H2,1H3,(H,13,14). The van der Waals surface area contributed by atoms with Gasteiger partial charge in [-0.3, -0.25) is 0 Å². The SMILES string of the molecule is COCCOCCSc1ccc(C(=O)O)cn1. The molecule has 0 aliphatic rings. The first-order valence-corrected chi connectivity index (χ1v) is 6.11. The number of aromatic nitrogens is 1. The fourth-order valence-electron chi connectivity index (χ4n) is 1.04. The van der Waals surface area contributed by atoms with Crippen LogP contribution < -0.4 is 0 Å². The predicted octanol–water partition coefficient (Wildman–Crippen LogP) is 1.53. The molecule has 0 saturated heterocycles. The highest BCUT2D eigenvalue weighted by molar-refractivity contribution is 7.99. The van der Waals surface area contributed by atoms with Gasteiger partial charge in [-0.05, 0) is 12.1 Å². The van der Waals surface area contributed by atoms with Gasteiger partial charge in [0.05, 0.1) is 30.4 Å². The first-order chi connectivity index (χ1) is 8.24. The van der Waals surface area contributed by atoms with Crippen molar-refractivity contribution in [1.29, 1.82) is 0 Å². The van der Waals surface area contributed by atoms with Crippen LogP contribution in [0.15, 0.2) is 23.4 Å². The van der Waals surface area contributed by atoms with E-state index in [9.17, 15) is 4.79 Å². The van der Waals surface area contributed by atoms with Gasteiger partial charge in [0.15, 0.2) is 0 Å². The second-order valence-electron chi connectivity index (χ2n) is 3.14. The van der Waals surface area contributed by atoms with Gasteiger partial charge < -0.3 is 14.6 Å². The fourth-order valence-corrected chi connectivity index (χ4v) is 1.74. The van der Waals surface area contributed by atoms with Gasteiger partial charge >= 0.3 is 5.97 Å². The van der Waals surface area contributed by atoms with Gasteiger partial charge in [-0.2, -0.15) is 0 Å². The smallest absolute Gasteiger partial charge is 0.337 e. The third-order valence-electron chi connectivity index (χ3n) is 1.89. The van der Waals surface area contributed by atoms with Crippen LogP contribution >= 0.6 is 11.8 Å². The zero-order valence-corrected chi connectivity index (χ0v) is 10.4. The van der Waals surface area contributed by atoms with Gasteiger partial charge in [0.2, 0.25) is 0 Å². The number of carboxylic acids is 1. The quantitative estimate of drug-likeness (QED) is 0.562. The van der Waals surface area contributed by atoms with Crippen molar-refractivity contribution in [3.8, 4) is 0 Å². The summed E-state index contributed by atoms with van der Waals surface area (Å²) in [4.78, 5) is 14.6. The molecule has 0 unspecified atom stereocenters. The minimum absolute atomic E-state index is 0.200. The van der Waals surface area contributed by atoms with Crippen molar-refractivity contribution >= 4 is 17.7 Å². The summed E-state index contributed by atoms with van der Waals surface area (Å²) in [6.45, 7) is 1.80. The molecule has 17 heavy (non-hydrogen) atoms. The number of thioether (sulfide) groups is 1. The number of hydrogen-bond acceptors (Lipinski definition) is 5. The minimum Gasteiger partial charge on any atom is -0.478 e. The normalized spacial score (nSPS) is 10.4. The highest BCUT2D eigenvalue weighted by Gasteiger charge is 2.02. The molecule has 94 valence electrons. The van der Waals surface area contributed by atoms with Crippen molar-refractivity contribution in [2.24, 2.45) is 0 Å². The van der Waals surface area contributed by atoms with E-state index in [1.807, 2.05) is 0 Å². The van der Waals surface area contributed by atoms with E-state index < -0.39 is 5.97 Å². The average Bonchev–Trinajstić information content (AvgIpc) is 2.34. The van der Waals surface area contributed by atoms with E-state index in [2.05, 4.69) is 4.98 Å². The molecule has 0 amide bonds. The lowest BCUT2D eigenvalue weighted by molar-refractivity contribution is 0.0696. The molecule has 1 N–H and O–H groups in total. The summed E-state index contributed by atoms with van der Waals surface area (Å²) in [5.74, 6) is -0.180. The Hall–Kier alpha value is -1.11. The van der Waals surface area contributed by atoms with Crippen LogP contribution in [-0.2, 0) is 9.47 Å². The van der Waals surface area contributed by atoms with Crippen LogP contribution in [0.2, 0.25) is 0 Å². The third-order valence-corrected chi connectivity index (χ3v) is 2.80. The topological polar surface area (TPSA) is 68.7 Å². The molecular weight excluding hydrogens is 242 g/mol. The Morgan fingerprint density at radius 2 is 2.24 bits per heavy atom. The second-order valence-corrected chi connectivity index (χ2v) is 4.26. The molecule has 0 bridgehead atoms. The molecule has 5 nitrogen and oxygen atoms in total. The van der Waals surface area contributed by atoms with Crippen molar-refractivity contribution in [3.63, 3.8) is 0 Å². The van der Waals surface area contributed by atoms with E-state index in [4.69, 9.17) is 14.6 Å². The molecule has 0 saturated carbocycles. The maximum atomic E-state index is 10.6. The molecule has 1 aromatic heterocycles. The molecule has 0 aliphatic heterocycles. The Balaban J connectivity index is 2.21. The average molecular weight is 257 g/mol. The van der Waals surface area contributed by atoms with Crippen LogP contribution in [0.1, 0.15) is 10.4 Å². The molecule has 0 aromatic carbocycles. The van der Waals surface area contributed by atoms with Crippen LogP contribution in [0, 0.1) is 0 Å². The maximum absolute atomic E-state index is 10.6. The molecule has 0 radical (unpaired) electrons. The number of hydrogen-bond donors (Lipinski definition) is 1. The zero-order chi connectivity index (χ0) is 12.5. The minimum atomic E-state index is -0.961. The van der Waals surface area contributed by atoms with Crippen LogP contribution in [0.3, 0.4) is 0 Å². The van der Waals surface area contributed by atoms with E-state index >= 15 is 0 Å². The fraction of sp³-hybridized carbons (Fsp3) is 0.455. The first kappa shape index (κ1) is 14.0. The Kier molecular flexibility index (Phi) is 6.61. The summed E-state index contributed by atoms with van der Waals surface area (Å²) in [6, 6.07) is 3.24. The molecule has 1 heterocycles. The lowest BCUT2D eigenvalue weighted by Gasteiger charge is -2.03. The van der Waals surface area contributed by atoms with Gasteiger partial charge in [-0.25, -0.2) is 9.78 Å². The largest absolute Gasteiger partial charge is 0.478 e. The van der Waals surface area contributed by atoms with Crippen molar-refractivity contribution < 1.29 is 19.4 Å². The summed E-state index contributed by atoms with van der Waals surface area (Å²) >= 11 is 1.53. The number of carboxylic acid groups (broad SMARTS) is 1. The van der Waals surface area contributed by atoms with Crippen molar-refractivity contribution in [1.82, 2.24) is 4.98 Å². The molecule has 6 heteroatoms. The molecule has 1 rings (SSSR count). The number of pyridine rings is 1. The molecule has 0 aliphatic carbocycles. The van der Waals surface area contributed by atoms with Gasteiger partial charge in [0.25, 0.3) is 0 Å². The van der Waals surface area contributed by atoms with E-state index in [1.165, 1.54) is 18.0 Å². The summed E-state index contributed by atoms with van der Waals surface area (Å²) < 4.78 is 10.1.